The Balaban J connectivity index is 1.27. The Kier molecular flexibility index (Phi) is 5.41. The number of hydrogen-bond donors (Lipinski definition) is 3. The molecular weight excluding hydrogens is 366 g/mol. The molecule has 0 atom stereocenters. The highest BCUT2D eigenvalue weighted by atomic mass is 16.2. The second kappa shape index (κ2) is 8.30. The predicted molar refractivity (Wildman–Crippen MR) is 113 cm³/mol. The molecule has 1 saturated heterocycles. The van der Waals surface area contributed by atoms with E-state index in [-0.39, 0.29) is 12.1 Å². The van der Waals surface area contributed by atoms with Gasteiger partial charge in [0.2, 0.25) is 0 Å². The molecule has 8 nitrogen and oxygen atoms in total. The molecule has 150 valence electrons. The lowest BCUT2D eigenvalue weighted by Gasteiger charge is -2.33. The summed E-state index contributed by atoms with van der Waals surface area (Å²) in [5.41, 5.74) is 3.71. The maximum Gasteiger partial charge on any atom is 0.319 e. The summed E-state index contributed by atoms with van der Waals surface area (Å²) in [4.78, 5) is 23.5. The van der Waals surface area contributed by atoms with Crippen LogP contribution in [0.1, 0.15) is 24.4 Å². The first-order valence-corrected chi connectivity index (χ1v) is 9.81. The van der Waals surface area contributed by atoms with Crippen molar-refractivity contribution >= 4 is 17.5 Å². The Hall–Kier alpha value is -3.42. The van der Waals surface area contributed by atoms with E-state index in [4.69, 9.17) is 0 Å². The van der Waals surface area contributed by atoms with Crippen molar-refractivity contribution in [1.82, 2.24) is 25.5 Å². The number of rotatable bonds is 4. The Morgan fingerprint density at radius 3 is 2.52 bits per heavy atom. The van der Waals surface area contributed by atoms with Crippen molar-refractivity contribution in [3.05, 3.63) is 54.1 Å². The van der Waals surface area contributed by atoms with Crippen LogP contribution >= 0.6 is 0 Å². The Bertz CT molecular complexity index is 941. The highest BCUT2D eigenvalue weighted by molar-refractivity contribution is 5.89. The first-order valence-electron chi connectivity index (χ1n) is 9.81. The van der Waals surface area contributed by atoms with Crippen molar-refractivity contribution in [2.45, 2.75) is 32.7 Å². The molecule has 29 heavy (non-hydrogen) atoms. The van der Waals surface area contributed by atoms with E-state index in [9.17, 15) is 4.79 Å². The number of aryl methyl sites for hydroxylation is 2. The van der Waals surface area contributed by atoms with Gasteiger partial charge in [-0.05, 0) is 50.5 Å². The van der Waals surface area contributed by atoms with Crippen LogP contribution in [0.2, 0.25) is 0 Å². The van der Waals surface area contributed by atoms with Crippen molar-refractivity contribution in [3.63, 3.8) is 0 Å². The van der Waals surface area contributed by atoms with Gasteiger partial charge in [-0.15, -0.1) is 0 Å². The highest BCUT2D eigenvalue weighted by Gasteiger charge is 2.22. The van der Waals surface area contributed by atoms with E-state index in [0.717, 1.165) is 60.2 Å². The van der Waals surface area contributed by atoms with Crippen LogP contribution in [-0.2, 0) is 0 Å². The van der Waals surface area contributed by atoms with Gasteiger partial charge in [-0.2, -0.15) is 5.10 Å². The molecule has 0 bridgehead atoms. The van der Waals surface area contributed by atoms with Gasteiger partial charge in [-0.1, -0.05) is 12.1 Å². The van der Waals surface area contributed by atoms with Crippen molar-refractivity contribution in [3.8, 4) is 11.3 Å². The molecule has 0 spiro atoms. The Morgan fingerprint density at radius 1 is 1.10 bits per heavy atom. The van der Waals surface area contributed by atoms with E-state index >= 15 is 0 Å². The van der Waals surface area contributed by atoms with E-state index in [0.29, 0.717) is 0 Å². The van der Waals surface area contributed by atoms with Gasteiger partial charge in [0.05, 0.1) is 5.69 Å². The molecule has 8 heteroatoms. The number of nitrogens with zero attached hydrogens (tertiary/aromatic N) is 4. The first kappa shape index (κ1) is 18.9. The number of nitrogens with one attached hydrogen (secondary N) is 3. The topological polar surface area (TPSA) is 98.8 Å². The summed E-state index contributed by atoms with van der Waals surface area (Å²) in [7, 11) is 0. The minimum absolute atomic E-state index is 0.152. The number of piperidine rings is 1. The standard InChI is InChI=1S/C21H25N7O/c1-14-13-20(24-15(2)23-14)28-11-8-18(9-12-28)26-21(29)25-17-5-3-16(4-6-17)19-7-10-22-27-19/h3-7,10,13,18H,8-9,11-12H2,1-2H3,(H,22,27)(H2,25,26,29). The summed E-state index contributed by atoms with van der Waals surface area (Å²) < 4.78 is 0. The molecule has 3 N–H and O–H groups in total. The third-order valence-electron chi connectivity index (χ3n) is 5.06. The van der Waals surface area contributed by atoms with Crippen LogP contribution in [0.4, 0.5) is 16.3 Å². The van der Waals surface area contributed by atoms with Gasteiger partial charge in [0, 0.05) is 42.8 Å². The van der Waals surface area contributed by atoms with Crippen LogP contribution < -0.4 is 15.5 Å². The van der Waals surface area contributed by atoms with Crippen molar-refractivity contribution in [1.29, 1.82) is 0 Å². The molecule has 3 heterocycles. The molecule has 4 rings (SSSR count). The normalized spacial score (nSPS) is 14.6. The molecule has 0 saturated carbocycles. The largest absolute Gasteiger partial charge is 0.356 e. The second-order valence-corrected chi connectivity index (χ2v) is 7.32. The summed E-state index contributed by atoms with van der Waals surface area (Å²) in [6.45, 7) is 5.62. The Morgan fingerprint density at radius 2 is 1.86 bits per heavy atom. The first-order chi connectivity index (χ1) is 14.1. The number of anilines is 2. The number of carbonyl (C=O) groups is 1. The van der Waals surface area contributed by atoms with Crippen LogP contribution in [0, 0.1) is 13.8 Å². The summed E-state index contributed by atoms with van der Waals surface area (Å²) in [5, 5.41) is 12.9. The fourth-order valence-electron chi connectivity index (χ4n) is 3.61. The third-order valence-corrected chi connectivity index (χ3v) is 5.06. The molecule has 1 aliphatic rings. The van der Waals surface area contributed by atoms with Crippen molar-refractivity contribution in [2.75, 3.05) is 23.3 Å². The SMILES string of the molecule is Cc1cc(N2CCC(NC(=O)Nc3ccc(-c4ccn[nH]4)cc3)CC2)nc(C)n1. The third kappa shape index (κ3) is 4.71. The van der Waals surface area contributed by atoms with Crippen molar-refractivity contribution in [2.24, 2.45) is 0 Å². The zero-order valence-electron chi connectivity index (χ0n) is 16.6. The minimum Gasteiger partial charge on any atom is -0.356 e. The number of hydrogen-bond acceptors (Lipinski definition) is 5. The average Bonchev–Trinajstić information content (AvgIpc) is 3.23. The molecule has 2 amide bonds. The molecule has 0 aliphatic carbocycles. The maximum absolute atomic E-state index is 12.4. The van der Waals surface area contributed by atoms with Crippen LogP contribution in [0.25, 0.3) is 11.3 Å². The predicted octanol–water partition coefficient (Wildman–Crippen LogP) is 3.27. The lowest BCUT2D eigenvalue weighted by molar-refractivity contribution is 0.246. The molecule has 3 aromatic rings. The summed E-state index contributed by atoms with van der Waals surface area (Å²) in [6.07, 6.45) is 3.48. The molecule has 1 fully saturated rings. The quantitative estimate of drug-likeness (QED) is 0.634. The number of benzene rings is 1. The van der Waals surface area contributed by atoms with E-state index in [1.54, 1.807) is 6.20 Å². The van der Waals surface area contributed by atoms with Gasteiger partial charge in [0.15, 0.2) is 0 Å². The number of amides is 2. The zero-order chi connectivity index (χ0) is 20.2. The molecule has 0 unspecified atom stereocenters. The lowest BCUT2D eigenvalue weighted by Crippen LogP contribution is -2.46. The summed E-state index contributed by atoms with van der Waals surface area (Å²) >= 11 is 0. The van der Waals surface area contributed by atoms with Gasteiger partial charge in [-0.3, -0.25) is 5.10 Å². The van der Waals surface area contributed by atoms with Gasteiger partial charge in [-0.25, -0.2) is 14.8 Å². The fraction of sp³-hybridized carbons (Fsp3) is 0.333. The number of urea groups is 1. The van der Waals surface area contributed by atoms with Gasteiger partial charge in [0.1, 0.15) is 11.6 Å². The Labute approximate surface area is 169 Å². The molecule has 2 aromatic heterocycles. The second-order valence-electron chi connectivity index (χ2n) is 7.32. The van der Waals surface area contributed by atoms with E-state index in [1.165, 1.54) is 0 Å². The van der Waals surface area contributed by atoms with Crippen LogP contribution in [0.3, 0.4) is 0 Å². The molecule has 0 radical (unpaired) electrons. The van der Waals surface area contributed by atoms with Crippen LogP contribution in [0.15, 0.2) is 42.6 Å². The van der Waals surface area contributed by atoms with Crippen molar-refractivity contribution < 1.29 is 4.79 Å². The fourth-order valence-corrected chi connectivity index (χ4v) is 3.61. The lowest BCUT2D eigenvalue weighted by atomic mass is 10.1. The van der Waals surface area contributed by atoms with Gasteiger partial charge < -0.3 is 15.5 Å². The average molecular weight is 391 g/mol. The highest BCUT2D eigenvalue weighted by Crippen LogP contribution is 2.20. The van der Waals surface area contributed by atoms with E-state index in [2.05, 4.69) is 35.7 Å². The molecule has 1 aromatic carbocycles. The smallest absolute Gasteiger partial charge is 0.319 e. The maximum atomic E-state index is 12.4. The summed E-state index contributed by atoms with van der Waals surface area (Å²) in [6, 6.07) is 11.6. The van der Waals surface area contributed by atoms with Crippen LogP contribution in [-0.4, -0.2) is 45.3 Å². The molecule has 1 aliphatic heterocycles. The molecular formula is C21H25N7O. The minimum atomic E-state index is -0.175. The van der Waals surface area contributed by atoms with E-state index in [1.807, 2.05) is 50.2 Å². The van der Waals surface area contributed by atoms with Gasteiger partial charge >= 0.3 is 6.03 Å². The number of aromatic nitrogens is 4. The van der Waals surface area contributed by atoms with Crippen LogP contribution in [0.5, 0.6) is 0 Å². The summed E-state index contributed by atoms with van der Waals surface area (Å²) in [5.74, 6) is 1.76. The van der Waals surface area contributed by atoms with Gasteiger partial charge in [0.25, 0.3) is 0 Å². The number of aromatic amines is 1. The number of H-pyrrole nitrogens is 1. The zero-order valence-corrected chi connectivity index (χ0v) is 16.6. The monoisotopic (exact) mass is 391 g/mol. The number of carbonyl (C=O) groups excluding carboxylic acids is 1. The van der Waals surface area contributed by atoms with E-state index < -0.39 is 0 Å².